The number of benzene rings is 2. The van der Waals surface area contributed by atoms with Crippen LogP contribution in [0.25, 0.3) is 0 Å². The molecule has 1 N–H and O–H groups in total. The Morgan fingerprint density at radius 2 is 1.12 bits per heavy atom. The zero-order chi connectivity index (χ0) is 11.5. The molecule has 0 aliphatic heterocycles. The normalized spacial score (nSPS) is 10.8. The van der Waals surface area contributed by atoms with Crippen LogP contribution in [0.3, 0.4) is 0 Å². The summed E-state index contributed by atoms with van der Waals surface area (Å²) in [4.78, 5) is 0. The molecule has 2 rings (SSSR count). The second-order valence-electron chi connectivity index (χ2n) is 4.12. The first-order valence-electron chi connectivity index (χ1n) is 5.49. The van der Waals surface area contributed by atoms with E-state index in [1.54, 1.807) is 0 Å². The Balaban J connectivity index is 2.44. The molecule has 0 fully saturated rings. The summed E-state index contributed by atoms with van der Waals surface area (Å²) in [6.07, 6.45) is 0. The van der Waals surface area contributed by atoms with Crippen LogP contribution in [0.2, 0.25) is 0 Å². The molecule has 2 heteroatoms. The van der Waals surface area contributed by atoms with Crippen LogP contribution < -0.4 is 7.16 Å². The minimum absolute atomic E-state index is 1.19. The van der Waals surface area contributed by atoms with Crippen molar-refractivity contribution in [2.45, 2.75) is 13.8 Å². The van der Waals surface area contributed by atoms with Gasteiger partial charge in [-0.3, -0.25) is 0 Å². The van der Waals surface area contributed by atoms with E-state index >= 15 is 0 Å². The van der Waals surface area contributed by atoms with Crippen molar-refractivity contribution in [2.24, 2.45) is 0 Å². The molecule has 0 heterocycles. The molecule has 2 aromatic carbocycles. The van der Waals surface area contributed by atoms with Crippen molar-refractivity contribution >= 4 is 27.3 Å². The second-order valence-corrected chi connectivity index (χ2v) is 9.96. The summed E-state index contributed by atoms with van der Waals surface area (Å²) in [7, 11) is 0. The van der Waals surface area contributed by atoms with Crippen molar-refractivity contribution < 1.29 is 3.44 Å². The van der Waals surface area contributed by atoms with Gasteiger partial charge in [0.05, 0.1) is 0 Å². The summed E-state index contributed by atoms with van der Waals surface area (Å²) in [6.45, 7) is 4.15. The Bertz CT molecular complexity index is 448. The third-order valence-corrected chi connectivity index (χ3v) is 10.0. The van der Waals surface area contributed by atoms with Gasteiger partial charge in [-0.05, 0) is 0 Å². The molecule has 0 bridgehead atoms. The molecule has 0 unspecified atom stereocenters. The molecule has 82 valence electrons. The Morgan fingerprint density at radius 1 is 0.750 bits per heavy atom. The van der Waals surface area contributed by atoms with E-state index in [2.05, 4.69) is 38.1 Å². The first-order chi connectivity index (χ1) is 7.70. The fourth-order valence-corrected chi connectivity index (χ4v) is 7.60. The molecular formula is C14H16OSn. The van der Waals surface area contributed by atoms with E-state index < -0.39 is 20.2 Å². The fraction of sp³-hybridized carbons (Fsp3) is 0.143. The van der Waals surface area contributed by atoms with Crippen LogP contribution in [0.1, 0.15) is 11.1 Å². The predicted molar refractivity (Wildman–Crippen MR) is 71.0 cm³/mol. The maximum atomic E-state index is 10.6. The van der Waals surface area contributed by atoms with Crippen molar-refractivity contribution in [1.29, 1.82) is 0 Å². The van der Waals surface area contributed by atoms with Gasteiger partial charge >= 0.3 is 104 Å². The quantitative estimate of drug-likeness (QED) is 0.823. The minimum atomic E-state index is -2.75. The first kappa shape index (κ1) is 11.7. The topological polar surface area (TPSA) is 20.2 Å². The van der Waals surface area contributed by atoms with Crippen molar-refractivity contribution in [3.63, 3.8) is 0 Å². The van der Waals surface area contributed by atoms with Crippen molar-refractivity contribution in [3.05, 3.63) is 59.7 Å². The summed E-state index contributed by atoms with van der Waals surface area (Å²) in [5.74, 6) is 0. The van der Waals surface area contributed by atoms with Gasteiger partial charge in [-0.1, -0.05) is 0 Å². The molecule has 0 saturated carbocycles. The van der Waals surface area contributed by atoms with Crippen LogP contribution in [-0.4, -0.2) is 23.6 Å². The van der Waals surface area contributed by atoms with Gasteiger partial charge in [0.15, 0.2) is 0 Å². The van der Waals surface area contributed by atoms with E-state index in [4.69, 9.17) is 0 Å². The number of rotatable bonds is 2. The average molecular weight is 319 g/mol. The van der Waals surface area contributed by atoms with Crippen LogP contribution in [-0.2, 0) is 0 Å². The summed E-state index contributed by atoms with van der Waals surface area (Å²) in [6, 6.07) is 16.4. The van der Waals surface area contributed by atoms with Crippen LogP contribution in [0, 0.1) is 13.8 Å². The van der Waals surface area contributed by atoms with Crippen LogP contribution in [0.4, 0.5) is 0 Å². The number of hydrogen-bond acceptors (Lipinski definition) is 1. The number of hydrogen-bond donors (Lipinski definition) is 1. The van der Waals surface area contributed by atoms with E-state index in [-0.39, 0.29) is 0 Å². The summed E-state index contributed by atoms with van der Waals surface area (Å²) >= 11 is -2.75. The molecule has 2 aromatic rings. The molecule has 0 aromatic heterocycles. The molecule has 1 nitrogen and oxygen atoms in total. The van der Waals surface area contributed by atoms with Gasteiger partial charge in [-0.15, -0.1) is 0 Å². The van der Waals surface area contributed by atoms with Crippen LogP contribution in [0.15, 0.2) is 48.5 Å². The molecule has 0 radical (unpaired) electrons. The molecule has 0 aliphatic carbocycles. The van der Waals surface area contributed by atoms with Gasteiger partial charge in [0.25, 0.3) is 0 Å². The molecular weight excluding hydrogens is 303 g/mol. The second kappa shape index (κ2) is 5.02. The van der Waals surface area contributed by atoms with E-state index in [0.717, 1.165) is 0 Å². The van der Waals surface area contributed by atoms with Gasteiger partial charge in [-0.25, -0.2) is 0 Å². The maximum absolute atomic E-state index is 10.6. The Labute approximate surface area is 104 Å². The van der Waals surface area contributed by atoms with Gasteiger partial charge in [0.1, 0.15) is 0 Å². The Kier molecular flexibility index (Phi) is 3.66. The van der Waals surface area contributed by atoms with Crippen molar-refractivity contribution in [1.82, 2.24) is 0 Å². The molecule has 0 amide bonds. The molecule has 0 saturated heterocycles. The van der Waals surface area contributed by atoms with E-state index in [9.17, 15) is 3.44 Å². The van der Waals surface area contributed by atoms with E-state index in [0.29, 0.717) is 0 Å². The SMILES string of the molecule is Cc1cccc[c]1[SnH]([OH])[c]1ccccc1C. The first-order valence-corrected chi connectivity index (χ1v) is 10.3. The van der Waals surface area contributed by atoms with Gasteiger partial charge in [0.2, 0.25) is 0 Å². The Morgan fingerprint density at radius 3 is 1.50 bits per heavy atom. The van der Waals surface area contributed by atoms with Crippen LogP contribution >= 0.6 is 0 Å². The predicted octanol–water partition coefficient (Wildman–Crippen LogP) is 1.13. The van der Waals surface area contributed by atoms with Gasteiger partial charge in [0, 0.05) is 0 Å². The summed E-state index contributed by atoms with van der Waals surface area (Å²) in [5.41, 5.74) is 2.43. The number of aryl methyl sites for hydroxylation is 2. The van der Waals surface area contributed by atoms with Crippen molar-refractivity contribution in [3.8, 4) is 0 Å². The van der Waals surface area contributed by atoms with Crippen LogP contribution in [0.5, 0.6) is 0 Å². The van der Waals surface area contributed by atoms with Gasteiger partial charge in [-0.2, -0.15) is 0 Å². The molecule has 0 aliphatic rings. The summed E-state index contributed by atoms with van der Waals surface area (Å²) < 4.78 is 12.9. The summed E-state index contributed by atoms with van der Waals surface area (Å²) in [5, 5.41) is 0. The van der Waals surface area contributed by atoms with Gasteiger partial charge < -0.3 is 0 Å². The zero-order valence-corrected chi connectivity index (χ0v) is 12.9. The monoisotopic (exact) mass is 320 g/mol. The average Bonchev–Trinajstić information content (AvgIpc) is 2.29. The van der Waals surface area contributed by atoms with E-state index in [1.807, 2.05) is 24.3 Å². The van der Waals surface area contributed by atoms with Crippen molar-refractivity contribution in [2.75, 3.05) is 0 Å². The Hall–Kier alpha value is -0.801. The molecule has 0 spiro atoms. The zero-order valence-electron chi connectivity index (χ0n) is 9.64. The molecule has 0 atom stereocenters. The fourth-order valence-electron chi connectivity index (χ4n) is 1.95. The van der Waals surface area contributed by atoms with E-state index in [1.165, 1.54) is 18.3 Å². The standard InChI is InChI=1S/2C7H7.H2O.Sn.H/c2*1-7-5-3-2-4-6-7;;;/h2*2-5H,1H3;1H2;;/q;;;+1;/p-1. The third kappa shape index (κ3) is 2.30. The molecule has 16 heavy (non-hydrogen) atoms. The third-order valence-electron chi connectivity index (χ3n) is 2.97.